The fourth-order valence-corrected chi connectivity index (χ4v) is 2.40. The maximum absolute atomic E-state index is 5.90. The molecule has 2 rings (SSSR count). The number of thiophene rings is 1. The van der Waals surface area contributed by atoms with Crippen LogP contribution in [0.1, 0.15) is 0 Å². The quantitative estimate of drug-likeness (QED) is 0.574. The second-order valence-corrected chi connectivity index (χ2v) is 4.50. The first-order valence-corrected chi connectivity index (χ1v) is 5.50. The molecule has 0 atom stereocenters. The van der Waals surface area contributed by atoms with Crippen molar-refractivity contribution in [3.8, 4) is 10.4 Å². The summed E-state index contributed by atoms with van der Waals surface area (Å²) in [6.07, 6.45) is 0. The normalized spacial score (nSPS) is 9.57. The Morgan fingerprint density at radius 3 is 2.64 bits per heavy atom. The first kappa shape index (κ1) is 12.6. The molecule has 0 fully saturated rings. The molecule has 0 N–H and O–H groups in total. The molecule has 0 saturated heterocycles. The van der Waals surface area contributed by atoms with E-state index in [4.69, 9.17) is 11.6 Å². The largest absolute Gasteiger partial charge is 0.144 e. The third-order valence-electron chi connectivity index (χ3n) is 1.75. The molecule has 4 heteroatoms. The van der Waals surface area contributed by atoms with Crippen LogP contribution in [0.2, 0.25) is 5.02 Å². The average Bonchev–Trinajstić information content (AvgIpc) is 2.61. The summed E-state index contributed by atoms with van der Waals surface area (Å²) < 4.78 is 0. The zero-order valence-electron chi connectivity index (χ0n) is 7.70. The molecule has 1 heterocycles. The van der Waals surface area contributed by atoms with E-state index in [0.717, 1.165) is 15.5 Å². The number of benzene rings is 1. The fourth-order valence-electron chi connectivity index (χ4n) is 1.14. The predicted molar refractivity (Wildman–Crippen MR) is 67.8 cm³/mol. The molecule has 67 valence electrons. The van der Waals surface area contributed by atoms with Crippen LogP contribution in [0.25, 0.3) is 10.4 Å². The van der Waals surface area contributed by atoms with Gasteiger partial charge in [-0.05, 0) is 29.6 Å². The van der Waals surface area contributed by atoms with E-state index in [1.54, 1.807) is 11.3 Å². The summed E-state index contributed by atoms with van der Waals surface area (Å²) in [5.41, 5.74) is 1.10. The Labute approximate surface area is 120 Å². The second kappa shape index (κ2) is 5.59. The van der Waals surface area contributed by atoms with E-state index in [2.05, 4.69) is 18.7 Å². The maximum Gasteiger partial charge on any atom is 0.0413 e. The molecule has 1 aromatic heterocycles. The standard InChI is InChI=1S/C10H7ClS2.Na/c11-7-3-4-9(12)8(6-7)10-2-1-5-13-10;/h1-6,12H;. The number of hydrogen-bond donors (Lipinski definition) is 1. The molecule has 0 nitrogen and oxygen atoms in total. The molecule has 0 unspecified atom stereocenters. The molecule has 2 aromatic rings. The Morgan fingerprint density at radius 1 is 1.21 bits per heavy atom. The first-order chi connectivity index (χ1) is 6.27. The van der Waals surface area contributed by atoms with Crippen LogP contribution < -0.4 is 0 Å². The number of hydrogen-bond acceptors (Lipinski definition) is 2. The zero-order chi connectivity index (χ0) is 9.26. The topological polar surface area (TPSA) is 0 Å². The molecule has 0 bridgehead atoms. The predicted octanol–water partition coefficient (Wildman–Crippen LogP) is 3.98. The van der Waals surface area contributed by atoms with Crippen molar-refractivity contribution in [2.24, 2.45) is 0 Å². The Balaban J connectivity index is 0.000000980. The second-order valence-electron chi connectivity index (χ2n) is 2.64. The van der Waals surface area contributed by atoms with Gasteiger partial charge < -0.3 is 0 Å². The molecule has 1 radical (unpaired) electrons. The summed E-state index contributed by atoms with van der Waals surface area (Å²) in [4.78, 5) is 2.17. The molecule has 0 saturated carbocycles. The minimum absolute atomic E-state index is 0. The van der Waals surface area contributed by atoms with E-state index < -0.39 is 0 Å². The van der Waals surface area contributed by atoms with Gasteiger partial charge in [-0.1, -0.05) is 17.7 Å². The number of halogens is 1. The van der Waals surface area contributed by atoms with Gasteiger partial charge in [0.1, 0.15) is 0 Å². The third kappa shape index (κ3) is 2.78. The number of thiol groups is 1. The van der Waals surface area contributed by atoms with Crippen molar-refractivity contribution in [1.82, 2.24) is 0 Å². The summed E-state index contributed by atoms with van der Waals surface area (Å²) in [7, 11) is 0. The molecule has 0 spiro atoms. The Bertz CT molecular complexity index is 412. The first-order valence-electron chi connectivity index (χ1n) is 3.80. The SMILES string of the molecule is Sc1ccc(Cl)cc1-c1cccs1.[Na]. The molecule has 1 aromatic carbocycles. The van der Waals surface area contributed by atoms with Crippen LogP contribution in [0, 0.1) is 0 Å². The van der Waals surface area contributed by atoms with Crippen molar-refractivity contribution in [3.05, 3.63) is 40.7 Å². The van der Waals surface area contributed by atoms with Gasteiger partial charge in [-0.3, -0.25) is 0 Å². The Kier molecular flexibility index (Phi) is 5.04. The van der Waals surface area contributed by atoms with Crippen molar-refractivity contribution in [1.29, 1.82) is 0 Å². The van der Waals surface area contributed by atoms with Crippen molar-refractivity contribution in [3.63, 3.8) is 0 Å². The van der Waals surface area contributed by atoms with E-state index in [1.807, 2.05) is 29.6 Å². The van der Waals surface area contributed by atoms with Gasteiger partial charge in [-0.2, -0.15) is 0 Å². The Hall–Kier alpha value is 0.560. The van der Waals surface area contributed by atoms with Crippen molar-refractivity contribution >= 4 is 65.1 Å². The van der Waals surface area contributed by atoms with Gasteiger partial charge in [0.15, 0.2) is 0 Å². The minimum Gasteiger partial charge on any atom is -0.144 e. The summed E-state index contributed by atoms with van der Waals surface area (Å²) in [6.45, 7) is 0. The van der Waals surface area contributed by atoms with Gasteiger partial charge in [0.2, 0.25) is 0 Å². The summed E-state index contributed by atoms with van der Waals surface area (Å²) in [5, 5.41) is 2.80. The van der Waals surface area contributed by atoms with Crippen LogP contribution in [-0.4, -0.2) is 29.6 Å². The van der Waals surface area contributed by atoms with Crippen LogP contribution in [0.5, 0.6) is 0 Å². The fraction of sp³-hybridized carbons (Fsp3) is 0. The van der Waals surface area contributed by atoms with Crippen LogP contribution in [0.4, 0.5) is 0 Å². The van der Waals surface area contributed by atoms with Crippen LogP contribution in [0.3, 0.4) is 0 Å². The minimum atomic E-state index is 0. The average molecular weight is 250 g/mol. The van der Waals surface area contributed by atoms with E-state index >= 15 is 0 Å². The summed E-state index contributed by atoms with van der Waals surface area (Å²) in [6, 6.07) is 9.79. The number of rotatable bonds is 1. The van der Waals surface area contributed by atoms with Gasteiger partial charge in [0.25, 0.3) is 0 Å². The van der Waals surface area contributed by atoms with Crippen molar-refractivity contribution < 1.29 is 0 Å². The van der Waals surface area contributed by atoms with Crippen LogP contribution in [-0.2, 0) is 0 Å². The van der Waals surface area contributed by atoms with Gasteiger partial charge in [-0.25, -0.2) is 0 Å². The smallest absolute Gasteiger partial charge is 0.0413 e. The van der Waals surface area contributed by atoms with E-state index in [-0.39, 0.29) is 29.6 Å². The molecule has 0 aliphatic rings. The molecule has 0 aliphatic heterocycles. The molecule has 14 heavy (non-hydrogen) atoms. The Morgan fingerprint density at radius 2 is 2.00 bits per heavy atom. The van der Waals surface area contributed by atoms with E-state index in [1.165, 1.54) is 4.88 Å². The van der Waals surface area contributed by atoms with Gasteiger partial charge >= 0.3 is 0 Å². The van der Waals surface area contributed by atoms with Gasteiger partial charge in [0, 0.05) is 49.9 Å². The van der Waals surface area contributed by atoms with Crippen LogP contribution >= 0.6 is 35.6 Å². The summed E-state index contributed by atoms with van der Waals surface area (Å²) in [5.74, 6) is 0. The zero-order valence-corrected chi connectivity index (χ0v) is 12.2. The molecular weight excluding hydrogens is 243 g/mol. The van der Waals surface area contributed by atoms with Gasteiger partial charge in [-0.15, -0.1) is 24.0 Å². The monoisotopic (exact) mass is 249 g/mol. The molecule has 0 amide bonds. The van der Waals surface area contributed by atoms with E-state index in [0.29, 0.717) is 0 Å². The maximum atomic E-state index is 5.90. The van der Waals surface area contributed by atoms with Gasteiger partial charge in [0.05, 0.1) is 0 Å². The summed E-state index contributed by atoms with van der Waals surface area (Å²) >= 11 is 12.0. The van der Waals surface area contributed by atoms with Crippen molar-refractivity contribution in [2.75, 3.05) is 0 Å². The molecule has 0 aliphatic carbocycles. The van der Waals surface area contributed by atoms with Crippen molar-refractivity contribution in [2.45, 2.75) is 4.90 Å². The van der Waals surface area contributed by atoms with Crippen LogP contribution in [0.15, 0.2) is 40.6 Å². The van der Waals surface area contributed by atoms with E-state index in [9.17, 15) is 0 Å². The third-order valence-corrected chi connectivity index (χ3v) is 3.27. The molecular formula is C10H7ClNaS2.